The van der Waals surface area contributed by atoms with Crippen molar-refractivity contribution in [1.82, 2.24) is 9.78 Å². The lowest BCUT2D eigenvalue weighted by molar-refractivity contribution is -0.270. The number of carbonyl (C=O) groups is 1. The highest BCUT2D eigenvalue weighted by molar-refractivity contribution is 5.94. The molecule has 0 unspecified atom stereocenters. The summed E-state index contributed by atoms with van der Waals surface area (Å²) in [5.41, 5.74) is 0.588. The fourth-order valence-electron chi connectivity index (χ4n) is 3.94. The molecular formula is C25H23N6O9-3. The van der Waals surface area contributed by atoms with Crippen molar-refractivity contribution in [2.24, 2.45) is 0 Å². The molecule has 0 aliphatic rings. The second-order valence-electron chi connectivity index (χ2n) is 8.37. The van der Waals surface area contributed by atoms with Crippen LogP contribution in [0.3, 0.4) is 0 Å². The third kappa shape index (κ3) is 6.05. The van der Waals surface area contributed by atoms with Gasteiger partial charge in [0.05, 0.1) is 35.6 Å². The zero-order valence-corrected chi connectivity index (χ0v) is 20.8. The minimum absolute atomic E-state index is 0.0454. The quantitative estimate of drug-likeness (QED) is 0.179. The van der Waals surface area contributed by atoms with E-state index in [0.717, 1.165) is 6.07 Å². The fourth-order valence-corrected chi connectivity index (χ4v) is 3.94. The molecule has 210 valence electrons. The second-order valence-corrected chi connectivity index (χ2v) is 8.37. The molecule has 3 aromatic carbocycles. The van der Waals surface area contributed by atoms with Gasteiger partial charge in [-0.25, -0.2) is 4.68 Å². The number of amides is 1. The van der Waals surface area contributed by atoms with Gasteiger partial charge in [-0.1, -0.05) is 30.0 Å². The molecule has 40 heavy (non-hydrogen) atoms. The van der Waals surface area contributed by atoms with Gasteiger partial charge in [0.15, 0.2) is 0 Å². The average Bonchev–Trinajstić information content (AvgIpc) is 3.36. The number of hydrogen-bond donors (Lipinski definition) is 5. The molecule has 0 aliphatic heterocycles. The lowest BCUT2D eigenvalue weighted by Crippen LogP contribution is -2.18. The van der Waals surface area contributed by atoms with Gasteiger partial charge in [0, 0.05) is 17.7 Å². The number of methoxy groups -OCH3 is 1. The first-order valence-corrected chi connectivity index (χ1v) is 11.6. The Hall–Kier alpha value is -4.90. The van der Waals surface area contributed by atoms with Gasteiger partial charge in [0.1, 0.15) is 11.4 Å². The first kappa shape index (κ1) is 28.1. The normalized spacial score (nSPS) is 10.8. The predicted octanol–water partition coefficient (Wildman–Crippen LogP) is 3.16. The molecule has 1 amide bonds. The van der Waals surface area contributed by atoms with Crippen molar-refractivity contribution in [1.29, 1.82) is 0 Å². The molecule has 1 aromatic heterocycles. The number of aromatic nitrogens is 2. The molecule has 1 heterocycles. The number of nitrogens with zero attached hydrogens (tertiary/aromatic N) is 5. The number of hydrogen-bond acceptors (Lipinski definition) is 13. The van der Waals surface area contributed by atoms with E-state index in [2.05, 4.69) is 10.4 Å². The molecule has 0 aliphatic carbocycles. The maximum absolute atomic E-state index is 12.8. The average molecular weight is 551 g/mol. The Bertz CT molecular complexity index is 1510. The van der Waals surface area contributed by atoms with Crippen molar-refractivity contribution in [2.75, 3.05) is 28.1 Å². The smallest absolute Gasteiger partial charge is 0.224 e. The van der Waals surface area contributed by atoms with E-state index in [9.17, 15) is 41.1 Å². The number of anilines is 4. The third-order valence-electron chi connectivity index (χ3n) is 5.86. The van der Waals surface area contributed by atoms with Gasteiger partial charge >= 0.3 is 0 Å². The lowest BCUT2D eigenvalue weighted by Gasteiger charge is -2.24. The largest absolute Gasteiger partial charge is 0.870 e. The van der Waals surface area contributed by atoms with E-state index in [1.165, 1.54) is 60.3 Å². The minimum atomic E-state index is -0.509. The molecule has 5 N–H and O–H groups in total. The maximum atomic E-state index is 12.8. The van der Waals surface area contributed by atoms with Crippen LogP contribution in [0.5, 0.6) is 11.5 Å². The van der Waals surface area contributed by atoms with Crippen LogP contribution in [0.2, 0.25) is 0 Å². The van der Waals surface area contributed by atoms with Crippen LogP contribution in [0.1, 0.15) is 12.1 Å². The van der Waals surface area contributed by atoms with Gasteiger partial charge in [-0.05, 0) is 48.9 Å². The zero-order valence-electron chi connectivity index (χ0n) is 20.8. The molecule has 0 radical (unpaired) electrons. The zero-order chi connectivity index (χ0) is 29.0. The molecule has 0 atom stereocenters. The van der Waals surface area contributed by atoms with Crippen molar-refractivity contribution in [2.45, 2.75) is 12.8 Å². The van der Waals surface area contributed by atoms with Crippen LogP contribution in [0.4, 0.5) is 22.7 Å². The third-order valence-corrected chi connectivity index (χ3v) is 5.86. The van der Waals surface area contributed by atoms with Crippen LogP contribution in [0.25, 0.3) is 16.9 Å². The summed E-state index contributed by atoms with van der Waals surface area (Å²) in [5.74, 6) is -0.782. The number of para-hydroxylation sites is 2. The molecule has 4 rings (SSSR count). The van der Waals surface area contributed by atoms with Gasteiger partial charge < -0.3 is 36.0 Å². The molecule has 15 nitrogen and oxygen atoms in total. The Kier molecular flexibility index (Phi) is 8.34. The van der Waals surface area contributed by atoms with Crippen molar-refractivity contribution in [3.63, 3.8) is 0 Å². The first-order chi connectivity index (χ1) is 19.1. The van der Waals surface area contributed by atoms with Crippen LogP contribution in [-0.2, 0) is 11.2 Å². The summed E-state index contributed by atoms with van der Waals surface area (Å²) < 4.78 is 6.40. The van der Waals surface area contributed by atoms with Crippen molar-refractivity contribution >= 4 is 28.7 Å². The summed E-state index contributed by atoms with van der Waals surface area (Å²) >= 11 is 0. The molecular weight excluding hydrogens is 528 g/mol. The summed E-state index contributed by atoms with van der Waals surface area (Å²) in [6.45, 7) is 0. The minimum Gasteiger partial charge on any atom is -0.870 e. The summed E-state index contributed by atoms with van der Waals surface area (Å²) in [6.07, 6.45) is -0.0867. The summed E-state index contributed by atoms with van der Waals surface area (Å²) in [5, 5.41) is 78.9. The van der Waals surface area contributed by atoms with E-state index < -0.39 is 11.1 Å². The Morgan fingerprint density at radius 3 is 2.40 bits per heavy atom. The number of aryl methyl sites for hydroxylation is 1. The standard InChI is InChI=1S/C25H24N6O9/c1-40-24-12-15(6-10-23(24)32)19-13-16(8-11-25(33)26-18-4-2-3-5-20(18)30(36)37)28(27-19)21-9-7-17(29(34)35)14-22(21)31(38)39/h2-7,9-10,12-14,32,34,36,38-39H,8,11H2,1H3,(H,26,33)/q-2/p-1. The Morgan fingerprint density at radius 1 is 0.975 bits per heavy atom. The molecule has 0 spiro atoms. The Balaban J connectivity index is 1.72. The van der Waals surface area contributed by atoms with Crippen LogP contribution in [0, 0.1) is 10.4 Å². The van der Waals surface area contributed by atoms with E-state index in [1.54, 1.807) is 12.1 Å². The summed E-state index contributed by atoms with van der Waals surface area (Å²) in [6, 6.07) is 15.2. The van der Waals surface area contributed by atoms with E-state index in [-0.39, 0.29) is 63.2 Å². The molecule has 15 heteroatoms. The van der Waals surface area contributed by atoms with Crippen LogP contribution < -0.4 is 30.8 Å². The fraction of sp³-hybridized carbons (Fsp3) is 0.120. The number of nitrogens with one attached hydrogen (secondary N) is 1. The number of ether oxygens (including phenoxy) is 1. The van der Waals surface area contributed by atoms with Gasteiger partial charge in [-0.3, -0.25) is 25.6 Å². The van der Waals surface area contributed by atoms with E-state index in [1.807, 2.05) is 0 Å². The van der Waals surface area contributed by atoms with Gasteiger partial charge in [-0.2, -0.15) is 5.10 Å². The maximum Gasteiger partial charge on any atom is 0.224 e. The Labute approximate surface area is 226 Å². The van der Waals surface area contributed by atoms with Gasteiger partial charge in [-0.15, -0.1) is 5.23 Å². The van der Waals surface area contributed by atoms with Gasteiger partial charge in [0.25, 0.3) is 0 Å². The number of carbonyl (C=O) groups excluding carboxylic acids is 1. The highest BCUT2D eigenvalue weighted by Gasteiger charge is 2.19. The lowest BCUT2D eigenvalue weighted by atomic mass is 10.1. The van der Waals surface area contributed by atoms with Crippen molar-refractivity contribution in [3.05, 3.63) is 82.8 Å². The SMILES string of the molecule is COc1cc(-c2cc(CCC(=O)Nc3ccccc3N([O-])O)n(-c3ccc(N([O-])O)cc3N(O)O)n2)ccc1[O-]. The van der Waals surface area contributed by atoms with E-state index >= 15 is 0 Å². The number of benzene rings is 3. The van der Waals surface area contributed by atoms with Crippen molar-refractivity contribution < 1.29 is 35.5 Å². The molecule has 0 bridgehead atoms. The summed E-state index contributed by atoms with van der Waals surface area (Å²) in [7, 11) is 1.34. The molecule has 0 saturated heterocycles. The van der Waals surface area contributed by atoms with E-state index in [4.69, 9.17) is 4.74 Å². The van der Waals surface area contributed by atoms with Crippen molar-refractivity contribution in [3.8, 4) is 28.4 Å². The van der Waals surface area contributed by atoms with E-state index in [0.29, 0.717) is 17.0 Å². The first-order valence-electron chi connectivity index (χ1n) is 11.6. The topological polar surface area (TPSA) is 216 Å². The summed E-state index contributed by atoms with van der Waals surface area (Å²) in [4.78, 5) is 12.8. The highest BCUT2D eigenvalue weighted by atomic mass is 16.8. The van der Waals surface area contributed by atoms with Crippen LogP contribution in [0.15, 0.2) is 66.7 Å². The predicted molar refractivity (Wildman–Crippen MR) is 140 cm³/mol. The molecule has 0 saturated carbocycles. The molecule has 4 aromatic rings. The number of rotatable bonds is 10. The molecule has 0 fully saturated rings. The monoisotopic (exact) mass is 551 g/mol. The highest BCUT2D eigenvalue weighted by Crippen LogP contribution is 2.33. The Morgan fingerprint density at radius 2 is 1.73 bits per heavy atom. The van der Waals surface area contributed by atoms with Gasteiger partial charge in [0.2, 0.25) is 5.91 Å². The van der Waals surface area contributed by atoms with Crippen LogP contribution >= 0.6 is 0 Å². The van der Waals surface area contributed by atoms with Crippen LogP contribution in [-0.4, -0.2) is 43.6 Å². The second kappa shape index (κ2) is 11.9.